The van der Waals surface area contributed by atoms with Gasteiger partial charge in [-0.25, -0.2) is 0 Å². The lowest BCUT2D eigenvalue weighted by molar-refractivity contribution is 0.104. The second kappa shape index (κ2) is 11.2. The van der Waals surface area contributed by atoms with Crippen LogP contribution in [-0.4, -0.2) is 11.0 Å². The lowest BCUT2D eigenvalue weighted by atomic mass is 9.98. The van der Waals surface area contributed by atoms with Gasteiger partial charge in [-0.3, -0.25) is 9.59 Å². The standard InChI is InChI=1S/C30H34BrO3P/c1-7-12-23-15-19(3)27(20(4)16-23)29(32)35(34,25-13-10-9-11-14-25)30(33)28-21(5)17-24(18-22(28)6)26(31)8-2/h9-11,13-18,26H,7-8,12H2,1-6H3. The van der Waals surface area contributed by atoms with Crippen LogP contribution in [-0.2, 0) is 11.0 Å². The summed E-state index contributed by atoms with van der Waals surface area (Å²) in [5.41, 5.74) is 4.80. The van der Waals surface area contributed by atoms with Crippen molar-refractivity contribution in [1.29, 1.82) is 0 Å². The molecule has 0 aliphatic carbocycles. The number of halogens is 1. The van der Waals surface area contributed by atoms with Gasteiger partial charge >= 0.3 is 0 Å². The molecule has 3 aromatic rings. The van der Waals surface area contributed by atoms with Gasteiger partial charge in [0.1, 0.15) is 0 Å². The van der Waals surface area contributed by atoms with E-state index in [2.05, 4.69) is 29.8 Å². The van der Waals surface area contributed by atoms with E-state index in [0.717, 1.165) is 52.6 Å². The minimum absolute atomic E-state index is 0.165. The topological polar surface area (TPSA) is 51.2 Å². The SMILES string of the molecule is CCCc1cc(C)c(C(=O)P(=O)(C(=O)c2c(C)cc(C(Br)CC)cc2C)c2ccccc2)c(C)c1. The number of hydrogen-bond acceptors (Lipinski definition) is 3. The molecule has 0 aliphatic heterocycles. The van der Waals surface area contributed by atoms with Gasteiger partial charge in [-0.05, 0) is 73.9 Å². The minimum atomic E-state index is -4.17. The van der Waals surface area contributed by atoms with Gasteiger partial charge in [0.2, 0.25) is 18.2 Å². The highest BCUT2D eigenvalue weighted by molar-refractivity contribution is 9.09. The predicted molar refractivity (Wildman–Crippen MR) is 150 cm³/mol. The predicted octanol–water partition coefficient (Wildman–Crippen LogP) is 8.39. The molecule has 0 spiro atoms. The molecule has 0 aliphatic rings. The maximum Gasteiger partial charge on any atom is 0.248 e. The lowest BCUT2D eigenvalue weighted by Crippen LogP contribution is -2.23. The molecule has 2 atom stereocenters. The van der Waals surface area contributed by atoms with Gasteiger partial charge < -0.3 is 4.57 Å². The summed E-state index contributed by atoms with van der Waals surface area (Å²) in [6.45, 7) is 11.6. The second-order valence-corrected chi connectivity index (χ2v) is 13.0. The zero-order chi connectivity index (χ0) is 25.9. The van der Waals surface area contributed by atoms with E-state index in [1.165, 1.54) is 0 Å². The highest BCUT2D eigenvalue weighted by atomic mass is 79.9. The molecule has 184 valence electrons. The van der Waals surface area contributed by atoms with Crippen LogP contribution in [0.3, 0.4) is 0 Å². The van der Waals surface area contributed by atoms with E-state index in [1.54, 1.807) is 30.3 Å². The van der Waals surface area contributed by atoms with Crippen molar-refractivity contribution in [3.63, 3.8) is 0 Å². The maximum absolute atomic E-state index is 14.8. The van der Waals surface area contributed by atoms with Crippen molar-refractivity contribution >= 4 is 39.4 Å². The van der Waals surface area contributed by atoms with Crippen LogP contribution >= 0.6 is 23.1 Å². The number of aryl methyl sites for hydroxylation is 5. The number of hydrogen-bond donors (Lipinski definition) is 0. The highest BCUT2D eigenvalue weighted by Crippen LogP contribution is 2.53. The quantitative estimate of drug-likeness (QED) is 0.198. The molecule has 3 rings (SSSR count). The first kappa shape index (κ1) is 27.3. The molecule has 0 amide bonds. The Balaban J connectivity index is 2.24. The van der Waals surface area contributed by atoms with E-state index in [9.17, 15) is 14.2 Å². The van der Waals surface area contributed by atoms with Crippen molar-refractivity contribution in [2.75, 3.05) is 0 Å². The molecule has 5 heteroatoms. The van der Waals surface area contributed by atoms with Crippen molar-refractivity contribution in [2.45, 2.75) is 65.6 Å². The fourth-order valence-electron chi connectivity index (χ4n) is 4.85. The average Bonchev–Trinajstić information content (AvgIpc) is 2.82. The van der Waals surface area contributed by atoms with Crippen LogP contribution < -0.4 is 5.30 Å². The van der Waals surface area contributed by atoms with Gasteiger partial charge in [0.15, 0.2) is 0 Å². The van der Waals surface area contributed by atoms with E-state index in [-0.39, 0.29) is 10.1 Å². The summed E-state index contributed by atoms with van der Waals surface area (Å²) in [4.78, 5) is 28.5. The molecule has 0 saturated heterocycles. The largest absolute Gasteiger partial charge is 0.302 e. The first-order valence-electron chi connectivity index (χ1n) is 12.2. The Morgan fingerprint density at radius 2 is 1.26 bits per heavy atom. The number of alkyl halides is 1. The van der Waals surface area contributed by atoms with E-state index < -0.39 is 18.2 Å². The normalized spacial score (nSPS) is 13.8. The molecule has 0 aromatic heterocycles. The molecule has 0 N–H and O–H groups in total. The van der Waals surface area contributed by atoms with Gasteiger partial charge in [0.05, 0.1) is 0 Å². The molecular formula is C30H34BrO3P. The zero-order valence-corrected chi connectivity index (χ0v) is 23.9. The summed E-state index contributed by atoms with van der Waals surface area (Å²) in [6, 6.07) is 16.4. The van der Waals surface area contributed by atoms with E-state index in [4.69, 9.17) is 0 Å². The summed E-state index contributed by atoms with van der Waals surface area (Å²) in [6.07, 6.45) is 2.80. The van der Waals surface area contributed by atoms with Crippen molar-refractivity contribution < 1.29 is 14.2 Å². The Labute approximate surface area is 217 Å². The Morgan fingerprint density at radius 1 is 0.800 bits per heavy atom. The van der Waals surface area contributed by atoms with Crippen molar-refractivity contribution in [2.24, 2.45) is 0 Å². The molecule has 0 fully saturated rings. The molecule has 0 bridgehead atoms. The monoisotopic (exact) mass is 552 g/mol. The summed E-state index contributed by atoms with van der Waals surface area (Å²) in [5.74, 6) is 0. The molecule has 0 heterocycles. The fourth-order valence-corrected chi connectivity index (χ4v) is 7.70. The smallest absolute Gasteiger partial charge is 0.248 e. The third-order valence-electron chi connectivity index (χ3n) is 6.53. The Morgan fingerprint density at radius 3 is 1.69 bits per heavy atom. The Bertz CT molecular complexity index is 1260. The van der Waals surface area contributed by atoms with Gasteiger partial charge in [-0.15, -0.1) is 0 Å². The number of carbonyl (C=O) groups excluding carboxylic acids is 2. The number of carbonyl (C=O) groups is 2. The highest BCUT2D eigenvalue weighted by Gasteiger charge is 2.44. The van der Waals surface area contributed by atoms with Crippen LogP contribution in [0.5, 0.6) is 0 Å². The van der Waals surface area contributed by atoms with Crippen LogP contribution in [0.4, 0.5) is 0 Å². The van der Waals surface area contributed by atoms with Crippen LogP contribution in [0.25, 0.3) is 0 Å². The molecular weight excluding hydrogens is 519 g/mol. The Kier molecular flexibility index (Phi) is 8.72. The van der Waals surface area contributed by atoms with E-state index in [0.29, 0.717) is 11.1 Å². The first-order chi connectivity index (χ1) is 16.6. The van der Waals surface area contributed by atoms with Crippen molar-refractivity contribution in [1.82, 2.24) is 0 Å². The number of benzene rings is 3. The van der Waals surface area contributed by atoms with Gasteiger partial charge in [0, 0.05) is 21.3 Å². The number of rotatable bonds is 9. The van der Waals surface area contributed by atoms with Crippen molar-refractivity contribution in [3.8, 4) is 0 Å². The average molecular weight is 553 g/mol. The molecule has 2 unspecified atom stereocenters. The van der Waals surface area contributed by atoms with Crippen LogP contribution in [0.15, 0.2) is 54.6 Å². The Hall–Kier alpha value is -2.29. The van der Waals surface area contributed by atoms with Gasteiger partial charge in [-0.2, -0.15) is 0 Å². The molecule has 35 heavy (non-hydrogen) atoms. The van der Waals surface area contributed by atoms with Crippen molar-refractivity contribution in [3.05, 3.63) is 99.1 Å². The van der Waals surface area contributed by atoms with Crippen LogP contribution in [0.1, 0.15) is 85.6 Å². The lowest BCUT2D eigenvalue weighted by Gasteiger charge is -2.22. The third kappa shape index (κ3) is 5.29. The minimum Gasteiger partial charge on any atom is -0.302 e. The van der Waals surface area contributed by atoms with E-state index >= 15 is 0 Å². The molecule has 3 aromatic carbocycles. The van der Waals surface area contributed by atoms with E-state index in [1.807, 2.05) is 52.0 Å². The molecule has 0 saturated carbocycles. The zero-order valence-electron chi connectivity index (χ0n) is 21.4. The van der Waals surface area contributed by atoms with Gasteiger partial charge in [0.25, 0.3) is 0 Å². The summed E-state index contributed by atoms with van der Waals surface area (Å²) < 4.78 is 14.8. The first-order valence-corrected chi connectivity index (χ1v) is 14.8. The van der Waals surface area contributed by atoms with Gasteiger partial charge in [-0.1, -0.05) is 90.8 Å². The fraction of sp³-hybridized carbons (Fsp3) is 0.333. The summed E-state index contributed by atoms with van der Waals surface area (Å²) in [7, 11) is -4.17. The maximum atomic E-state index is 14.8. The third-order valence-corrected chi connectivity index (χ3v) is 10.3. The van der Waals surface area contributed by atoms with Crippen LogP contribution in [0, 0.1) is 27.7 Å². The molecule has 3 nitrogen and oxygen atoms in total. The van der Waals surface area contributed by atoms with Crippen LogP contribution in [0.2, 0.25) is 0 Å². The second-order valence-electron chi connectivity index (χ2n) is 9.32. The summed E-state index contributed by atoms with van der Waals surface area (Å²) in [5, 5.41) is 0.279. The molecule has 0 radical (unpaired) electrons. The summed E-state index contributed by atoms with van der Waals surface area (Å²) >= 11 is 3.68.